The lowest BCUT2D eigenvalue weighted by Crippen LogP contribution is -2.43. The van der Waals surface area contributed by atoms with Crippen LogP contribution in [0, 0.1) is 0 Å². The number of ether oxygens (including phenoxy) is 1. The molecule has 5 heteroatoms. The lowest BCUT2D eigenvalue weighted by molar-refractivity contribution is -0.117. The predicted molar refractivity (Wildman–Crippen MR) is 115 cm³/mol. The molecular weight excluding hydrogens is 372 g/mol. The van der Waals surface area contributed by atoms with Crippen LogP contribution in [0.1, 0.15) is 30.9 Å². The van der Waals surface area contributed by atoms with Gasteiger partial charge in [0.15, 0.2) is 0 Å². The molecule has 0 aromatic heterocycles. The van der Waals surface area contributed by atoms with E-state index < -0.39 is 0 Å². The molecule has 0 bridgehead atoms. The van der Waals surface area contributed by atoms with Gasteiger partial charge in [0.1, 0.15) is 5.75 Å². The molecule has 0 aliphatic carbocycles. The van der Waals surface area contributed by atoms with Gasteiger partial charge in [-0.3, -0.25) is 9.69 Å². The van der Waals surface area contributed by atoms with E-state index in [-0.39, 0.29) is 11.9 Å². The Labute approximate surface area is 172 Å². The standard InChI is InChI=1S/C23H27ClN2O2/c1-2-28-22-6-4-3-5-19(22)9-12-23(27)25-21-13-15-26(16-14-21)17-18-7-10-20(24)11-8-18/h3-12,21H,2,13-17H2,1H3,(H,25,27)/b12-9+. The van der Waals surface area contributed by atoms with Gasteiger partial charge in [0.2, 0.25) is 5.91 Å². The number of likely N-dealkylation sites (tertiary alicyclic amines) is 1. The Morgan fingerprint density at radius 1 is 1.18 bits per heavy atom. The monoisotopic (exact) mass is 398 g/mol. The Hall–Kier alpha value is -2.30. The number of para-hydroxylation sites is 1. The maximum Gasteiger partial charge on any atom is 0.244 e. The number of piperidine rings is 1. The highest BCUT2D eigenvalue weighted by Gasteiger charge is 2.20. The fourth-order valence-corrected chi connectivity index (χ4v) is 3.53. The van der Waals surface area contributed by atoms with E-state index in [1.165, 1.54) is 5.56 Å². The van der Waals surface area contributed by atoms with Crippen molar-refractivity contribution in [3.63, 3.8) is 0 Å². The molecule has 2 aromatic carbocycles. The summed E-state index contributed by atoms with van der Waals surface area (Å²) in [5.74, 6) is 0.743. The SMILES string of the molecule is CCOc1ccccc1/C=C/C(=O)NC1CCN(Cc2ccc(Cl)cc2)CC1. The van der Waals surface area contributed by atoms with Crippen molar-refractivity contribution in [3.05, 3.63) is 70.8 Å². The number of nitrogens with one attached hydrogen (secondary N) is 1. The van der Waals surface area contributed by atoms with E-state index in [0.717, 1.165) is 48.8 Å². The highest BCUT2D eigenvalue weighted by molar-refractivity contribution is 6.30. The molecule has 3 rings (SSSR count). The average molecular weight is 399 g/mol. The second-order valence-corrected chi connectivity index (χ2v) is 7.43. The topological polar surface area (TPSA) is 41.6 Å². The second kappa shape index (κ2) is 10.3. The van der Waals surface area contributed by atoms with E-state index in [1.807, 2.05) is 49.4 Å². The first kappa shape index (κ1) is 20.4. The second-order valence-electron chi connectivity index (χ2n) is 6.99. The molecule has 4 nitrogen and oxygen atoms in total. The zero-order valence-electron chi connectivity index (χ0n) is 16.2. The van der Waals surface area contributed by atoms with E-state index in [0.29, 0.717) is 6.61 Å². The zero-order valence-corrected chi connectivity index (χ0v) is 17.0. The highest BCUT2D eigenvalue weighted by atomic mass is 35.5. The minimum atomic E-state index is -0.0533. The van der Waals surface area contributed by atoms with Gasteiger partial charge in [0, 0.05) is 42.3 Å². The Morgan fingerprint density at radius 2 is 1.89 bits per heavy atom. The molecule has 1 fully saturated rings. The molecular formula is C23H27ClN2O2. The third kappa shape index (κ3) is 6.11. The maximum atomic E-state index is 12.3. The Bertz CT molecular complexity index is 797. The summed E-state index contributed by atoms with van der Waals surface area (Å²) in [5, 5.41) is 3.89. The van der Waals surface area contributed by atoms with Gasteiger partial charge in [-0.05, 0) is 49.6 Å². The van der Waals surface area contributed by atoms with Crippen molar-refractivity contribution in [1.29, 1.82) is 0 Å². The summed E-state index contributed by atoms with van der Waals surface area (Å²) in [6.07, 6.45) is 5.33. The fourth-order valence-electron chi connectivity index (χ4n) is 3.40. The van der Waals surface area contributed by atoms with Crippen LogP contribution in [0.3, 0.4) is 0 Å². The number of benzene rings is 2. The van der Waals surface area contributed by atoms with Gasteiger partial charge in [-0.15, -0.1) is 0 Å². The number of carbonyl (C=O) groups is 1. The normalized spacial score (nSPS) is 15.6. The molecule has 2 aromatic rings. The van der Waals surface area contributed by atoms with Crippen LogP contribution in [0.5, 0.6) is 5.75 Å². The van der Waals surface area contributed by atoms with E-state index in [2.05, 4.69) is 22.3 Å². The molecule has 1 N–H and O–H groups in total. The molecule has 0 unspecified atom stereocenters. The first-order valence-corrected chi connectivity index (χ1v) is 10.2. The molecule has 0 saturated carbocycles. The minimum Gasteiger partial charge on any atom is -0.493 e. The van der Waals surface area contributed by atoms with Gasteiger partial charge in [-0.1, -0.05) is 41.9 Å². The Kier molecular flexibility index (Phi) is 7.52. The van der Waals surface area contributed by atoms with Crippen molar-refractivity contribution in [3.8, 4) is 5.75 Å². The summed E-state index contributed by atoms with van der Waals surface area (Å²) in [6.45, 7) is 5.43. The van der Waals surface area contributed by atoms with Crippen LogP contribution in [0.25, 0.3) is 6.08 Å². The first-order chi connectivity index (χ1) is 13.6. The number of hydrogen-bond donors (Lipinski definition) is 1. The molecule has 1 heterocycles. The largest absolute Gasteiger partial charge is 0.493 e. The molecule has 1 amide bonds. The zero-order chi connectivity index (χ0) is 19.8. The Balaban J connectivity index is 1.45. The van der Waals surface area contributed by atoms with E-state index in [9.17, 15) is 4.79 Å². The molecule has 0 radical (unpaired) electrons. The van der Waals surface area contributed by atoms with Crippen molar-refractivity contribution < 1.29 is 9.53 Å². The number of amides is 1. The number of nitrogens with zero attached hydrogens (tertiary/aromatic N) is 1. The summed E-state index contributed by atoms with van der Waals surface area (Å²) >= 11 is 5.94. The van der Waals surface area contributed by atoms with E-state index in [1.54, 1.807) is 6.08 Å². The third-order valence-corrected chi connectivity index (χ3v) is 5.14. The Morgan fingerprint density at radius 3 is 2.61 bits per heavy atom. The molecule has 0 spiro atoms. The summed E-state index contributed by atoms with van der Waals surface area (Å²) in [5.41, 5.74) is 2.18. The summed E-state index contributed by atoms with van der Waals surface area (Å²) < 4.78 is 5.59. The van der Waals surface area contributed by atoms with Crippen molar-refractivity contribution >= 4 is 23.6 Å². The van der Waals surface area contributed by atoms with Crippen LogP contribution < -0.4 is 10.1 Å². The first-order valence-electron chi connectivity index (χ1n) is 9.81. The maximum absolute atomic E-state index is 12.3. The number of hydrogen-bond acceptors (Lipinski definition) is 3. The number of rotatable bonds is 7. The summed E-state index contributed by atoms with van der Waals surface area (Å²) in [7, 11) is 0. The van der Waals surface area contributed by atoms with Crippen LogP contribution in [0.4, 0.5) is 0 Å². The molecule has 1 aliphatic heterocycles. The van der Waals surface area contributed by atoms with E-state index in [4.69, 9.17) is 16.3 Å². The van der Waals surface area contributed by atoms with Gasteiger partial charge in [-0.2, -0.15) is 0 Å². The number of carbonyl (C=O) groups excluding carboxylic acids is 1. The average Bonchev–Trinajstić information content (AvgIpc) is 2.71. The summed E-state index contributed by atoms with van der Waals surface area (Å²) in [6, 6.07) is 16.0. The molecule has 148 valence electrons. The van der Waals surface area contributed by atoms with Gasteiger partial charge < -0.3 is 10.1 Å². The lowest BCUT2D eigenvalue weighted by atomic mass is 10.0. The lowest BCUT2D eigenvalue weighted by Gasteiger charge is -2.32. The van der Waals surface area contributed by atoms with E-state index >= 15 is 0 Å². The number of halogens is 1. The quantitative estimate of drug-likeness (QED) is 0.696. The van der Waals surface area contributed by atoms with Crippen molar-refractivity contribution in [2.75, 3.05) is 19.7 Å². The highest BCUT2D eigenvalue weighted by Crippen LogP contribution is 2.19. The molecule has 1 saturated heterocycles. The van der Waals surface area contributed by atoms with Crippen LogP contribution in [0.15, 0.2) is 54.6 Å². The van der Waals surface area contributed by atoms with Crippen LogP contribution in [0.2, 0.25) is 5.02 Å². The van der Waals surface area contributed by atoms with Gasteiger partial charge in [0.25, 0.3) is 0 Å². The van der Waals surface area contributed by atoms with Gasteiger partial charge in [0.05, 0.1) is 6.61 Å². The minimum absolute atomic E-state index is 0.0533. The van der Waals surface area contributed by atoms with Crippen LogP contribution in [-0.2, 0) is 11.3 Å². The molecule has 1 aliphatic rings. The predicted octanol–water partition coefficient (Wildman–Crippen LogP) is 4.53. The van der Waals surface area contributed by atoms with Crippen molar-refractivity contribution in [1.82, 2.24) is 10.2 Å². The van der Waals surface area contributed by atoms with Gasteiger partial charge >= 0.3 is 0 Å². The summed E-state index contributed by atoms with van der Waals surface area (Å²) in [4.78, 5) is 14.7. The third-order valence-electron chi connectivity index (χ3n) is 4.89. The van der Waals surface area contributed by atoms with Crippen LogP contribution >= 0.6 is 11.6 Å². The van der Waals surface area contributed by atoms with Crippen LogP contribution in [-0.4, -0.2) is 36.5 Å². The van der Waals surface area contributed by atoms with Crippen molar-refractivity contribution in [2.45, 2.75) is 32.4 Å². The van der Waals surface area contributed by atoms with Gasteiger partial charge in [-0.25, -0.2) is 0 Å². The molecule has 28 heavy (non-hydrogen) atoms. The smallest absolute Gasteiger partial charge is 0.244 e. The van der Waals surface area contributed by atoms with Crippen molar-refractivity contribution in [2.24, 2.45) is 0 Å². The molecule has 0 atom stereocenters. The fraction of sp³-hybridized carbons (Fsp3) is 0.348.